The Labute approximate surface area is 108 Å². The topological polar surface area (TPSA) is 46.5 Å². The molecule has 1 aliphatic rings. The fourth-order valence-electron chi connectivity index (χ4n) is 2.72. The molecule has 1 saturated carbocycles. The summed E-state index contributed by atoms with van der Waals surface area (Å²) >= 11 is 0. The number of hydrogen-bond acceptors (Lipinski definition) is 2. The molecule has 0 saturated heterocycles. The van der Waals surface area contributed by atoms with Crippen LogP contribution in [0.2, 0.25) is 0 Å². The average molecular weight is 248 g/mol. The lowest BCUT2D eigenvalue weighted by molar-refractivity contribution is -0.142. The van der Waals surface area contributed by atoms with E-state index in [1.54, 1.807) is 0 Å². The molecule has 0 aliphatic heterocycles. The summed E-state index contributed by atoms with van der Waals surface area (Å²) in [7, 11) is 0. The van der Waals surface area contributed by atoms with Gasteiger partial charge in [0.05, 0.1) is 12.5 Å². The van der Waals surface area contributed by atoms with Gasteiger partial charge in [-0.05, 0) is 49.8 Å². The Morgan fingerprint density at radius 1 is 1.33 bits per heavy atom. The largest absolute Gasteiger partial charge is 0.494 e. The SMILES string of the molecule is CCOc1ccc(C2CCCC(C(=O)O)C2)cc1. The van der Waals surface area contributed by atoms with Gasteiger partial charge in [0.1, 0.15) is 5.75 Å². The summed E-state index contributed by atoms with van der Waals surface area (Å²) in [6.07, 6.45) is 3.69. The Kier molecular flexibility index (Phi) is 4.24. The molecule has 1 N–H and O–H groups in total. The van der Waals surface area contributed by atoms with Gasteiger partial charge in [-0.3, -0.25) is 4.79 Å². The molecule has 2 rings (SSSR count). The summed E-state index contributed by atoms with van der Waals surface area (Å²) in [4.78, 5) is 11.1. The molecule has 2 unspecified atom stereocenters. The molecule has 0 spiro atoms. The van der Waals surface area contributed by atoms with E-state index in [4.69, 9.17) is 9.84 Å². The highest BCUT2D eigenvalue weighted by Crippen LogP contribution is 2.36. The number of carboxylic acids is 1. The number of hydrogen-bond donors (Lipinski definition) is 1. The predicted molar refractivity (Wildman–Crippen MR) is 69.9 cm³/mol. The van der Waals surface area contributed by atoms with Crippen molar-refractivity contribution >= 4 is 5.97 Å². The van der Waals surface area contributed by atoms with Gasteiger partial charge in [0.2, 0.25) is 0 Å². The van der Waals surface area contributed by atoms with Crippen molar-refractivity contribution < 1.29 is 14.6 Å². The smallest absolute Gasteiger partial charge is 0.306 e. The van der Waals surface area contributed by atoms with Crippen molar-refractivity contribution in [2.75, 3.05) is 6.61 Å². The first kappa shape index (κ1) is 12.9. The van der Waals surface area contributed by atoms with Gasteiger partial charge in [0.25, 0.3) is 0 Å². The Hall–Kier alpha value is -1.51. The van der Waals surface area contributed by atoms with Crippen LogP contribution in [-0.4, -0.2) is 17.7 Å². The maximum Gasteiger partial charge on any atom is 0.306 e. The van der Waals surface area contributed by atoms with E-state index in [9.17, 15) is 4.79 Å². The van der Waals surface area contributed by atoms with E-state index in [-0.39, 0.29) is 5.92 Å². The highest BCUT2D eigenvalue weighted by molar-refractivity contribution is 5.70. The zero-order chi connectivity index (χ0) is 13.0. The first-order valence-electron chi connectivity index (χ1n) is 6.66. The van der Waals surface area contributed by atoms with Gasteiger partial charge in [-0.2, -0.15) is 0 Å². The minimum Gasteiger partial charge on any atom is -0.494 e. The molecular formula is C15H20O3. The molecule has 18 heavy (non-hydrogen) atoms. The third-order valence-corrected chi connectivity index (χ3v) is 3.69. The molecule has 3 heteroatoms. The van der Waals surface area contributed by atoms with E-state index in [1.165, 1.54) is 5.56 Å². The third kappa shape index (κ3) is 3.03. The lowest BCUT2D eigenvalue weighted by Gasteiger charge is -2.27. The highest BCUT2D eigenvalue weighted by Gasteiger charge is 2.27. The van der Waals surface area contributed by atoms with Crippen LogP contribution in [0.25, 0.3) is 0 Å². The van der Waals surface area contributed by atoms with Crippen LogP contribution in [0.5, 0.6) is 5.75 Å². The molecule has 1 aliphatic carbocycles. The van der Waals surface area contributed by atoms with Crippen LogP contribution in [0.15, 0.2) is 24.3 Å². The molecule has 2 atom stereocenters. The number of benzene rings is 1. The second-order valence-corrected chi connectivity index (χ2v) is 4.90. The summed E-state index contributed by atoms with van der Waals surface area (Å²) in [6.45, 7) is 2.64. The Morgan fingerprint density at radius 2 is 2.06 bits per heavy atom. The standard InChI is InChI=1S/C15H20O3/c1-2-18-14-8-6-11(7-9-14)12-4-3-5-13(10-12)15(16)17/h6-9,12-13H,2-5,10H2,1H3,(H,16,17). The zero-order valence-corrected chi connectivity index (χ0v) is 10.8. The van der Waals surface area contributed by atoms with Crippen molar-refractivity contribution in [2.45, 2.75) is 38.5 Å². The van der Waals surface area contributed by atoms with Gasteiger partial charge >= 0.3 is 5.97 Å². The second kappa shape index (κ2) is 5.89. The van der Waals surface area contributed by atoms with Crippen LogP contribution in [0.3, 0.4) is 0 Å². The van der Waals surface area contributed by atoms with Crippen LogP contribution >= 0.6 is 0 Å². The quantitative estimate of drug-likeness (QED) is 0.887. The van der Waals surface area contributed by atoms with Crippen LogP contribution in [0.1, 0.15) is 44.1 Å². The van der Waals surface area contributed by atoms with E-state index in [0.717, 1.165) is 31.4 Å². The molecular weight excluding hydrogens is 228 g/mol. The molecule has 98 valence electrons. The average Bonchev–Trinajstić information content (AvgIpc) is 2.40. The van der Waals surface area contributed by atoms with Crippen LogP contribution in [0, 0.1) is 5.92 Å². The summed E-state index contributed by atoms with van der Waals surface area (Å²) in [6, 6.07) is 8.09. The molecule has 0 heterocycles. The van der Waals surface area contributed by atoms with Crippen molar-refractivity contribution in [3.63, 3.8) is 0 Å². The highest BCUT2D eigenvalue weighted by atomic mass is 16.5. The van der Waals surface area contributed by atoms with E-state index in [2.05, 4.69) is 12.1 Å². The van der Waals surface area contributed by atoms with E-state index < -0.39 is 5.97 Å². The number of carboxylic acid groups (broad SMARTS) is 1. The van der Waals surface area contributed by atoms with Crippen molar-refractivity contribution in [1.82, 2.24) is 0 Å². The fourth-order valence-corrected chi connectivity index (χ4v) is 2.72. The molecule has 0 radical (unpaired) electrons. The maximum absolute atomic E-state index is 11.1. The molecule has 1 aromatic carbocycles. The Bertz CT molecular complexity index is 397. The fraction of sp³-hybridized carbons (Fsp3) is 0.533. The Balaban J connectivity index is 2.04. The van der Waals surface area contributed by atoms with Gasteiger partial charge in [-0.25, -0.2) is 0 Å². The lowest BCUT2D eigenvalue weighted by Crippen LogP contribution is -2.21. The number of aliphatic carboxylic acids is 1. The minimum atomic E-state index is -0.648. The third-order valence-electron chi connectivity index (χ3n) is 3.69. The van der Waals surface area contributed by atoms with Crippen molar-refractivity contribution in [3.8, 4) is 5.75 Å². The van der Waals surface area contributed by atoms with E-state index >= 15 is 0 Å². The lowest BCUT2D eigenvalue weighted by atomic mass is 9.78. The number of ether oxygens (including phenoxy) is 1. The first-order valence-corrected chi connectivity index (χ1v) is 6.66. The van der Waals surface area contributed by atoms with Gasteiger partial charge < -0.3 is 9.84 Å². The number of rotatable bonds is 4. The molecule has 0 aromatic heterocycles. The van der Waals surface area contributed by atoms with Gasteiger partial charge in [-0.1, -0.05) is 18.6 Å². The van der Waals surface area contributed by atoms with Crippen LogP contribution < -0.4 is 4.74 Å². The predicted octanol–water partition coefficient (Wildman–Crippen LogP) is 3.44. The maximum atomic E-state index is 11.1. The minimum absolute atomic E-state index is 0.171. The number of carbonyl (C=O) groups is 1. The van der Waals surface area contributed by atoms with Crippen molar-refractivity contribution in [2.24, 2.45) is 5.92 Å². The summed E-state index contributed by atoms with van der Waals surface area (Å²) in [5.74, 6) is 0.448. The van der Waals surface area contributed by atoms with Crippen LogP contribution in [0.4, 0.5) is 0 Å². The van der Waals surface area contributed by atoms with E-state index in [0.29, 0.717) is 12.5 Å². The molecule has 0 bridgehead atoms. The molecule has 3 nitrogen and oxygen atoms in total. The normalized spacial score (nSPS) is 23.6. The summed E-state index contributed by atoms with van der Waals surface area (Å²) < 4.78 is 5.41. The Morgan fingerprint density at radius 3 is 2.67 bits per heavy atom. The zero-order valence-electron chi connectivity index (χ0n) is 10.8. The van der Waals surface area contributed by atoms with Crippen molar-refractivity contribution in [3.05, 3.63) is 29.8 Å². The first-order chi connectivity index (χ1) is 8.70. The monoisotopic (exact) mass is 248 g/mol. The van der Waals surface area contributed by atoms with Gasteiger partial charge in [0.15, 0.2) is 0 Å². The summed E-state index contributed by atoms with van der Waals surface area (Å²) in [5.41, 5.74) is 1.24. The van der Waals surface area contributed by atoms with Gasteiger partial charge in [0, 0.05) is 0 Å². The van der Waals surface area contributed by atoms with Crippen molar-refractivity contribution in [1.29, 1.82) is 0 Å². The van der Waals surface area contributed by atoms with Crippen LogP contribution in [-0.2, 0) is 4.79 Å². The second-order valence-electron chi connectivity index (χ2n) is 4.90. The molecule has 1 aromatic rings. The van der Waals surface area contributed by atoms with Gasteiger partial charge in [-0.15, -0.1) is 0 Å². The molecule has 1 fully saturated rings. The molecule has 0 amide bonds. The van der Waals surface area contributed by atoms with E-state index in [1.807, 2.05) is 19.1 Å². The summed E-state index contributed by atoms with van der Waals surface area (Å²) in [5, 5.41) is 9.10.